The summed E-state index contributed by atoms with van der Waals surface area (Å²) in [7, 11) is 4.93. The number of nitrogens with one attached hydrogen (secondary N) is 3. The van der Waals surface area contributed by atoms with Gasteiger partial charge in [-0.05, 0) is 58.4 Å². The van der Waals surface area contributed by atoms with Gasteiger partial charge in [0.25, 0.3) is 0 Å². The highest BCUT2D eigenvalue weighted by atomic mass is 16.6. The molecule has 0 aromatic carbocycles. The van der Waals surface area contributed by atoms with Crippen molar-refractivity contribution >= 4 is 29.5 Å². The van der Waals surface area contributed by atoms with Crippen LogP contribution in [0.4, 0.5) is 22.2 Å². The molecule has 3 rings (SSSR count). The van der Waals surface area contributed by atoms with Crippen LogP contribution in [0.5, 0.6) is 5.88 Å². The molecule has 1 aliphatic carbocycles. The first-order valence-corrected chi connectivity index (χ1v) is 12.5. The first-order chi connectivity index (χ1) is 17.4. The van der Waals surface area contributed by atoms with E-state index in [4.69, 9.17) is 9.47 Å². The Hall–Kier alpha value is -3.63. The van der Waals surface area contributed by atoms with E-state index in [1.165, 1.54) is 4.90 Å². The molecule has 0 spiro atoms. The zero-order valence-corrected chi connectivity index (χ0v) is 23.0. The van der Waals surface area contributed by atoms with Crippen molar-refractivity contribution in [3.8, 4) is 5.88 Å². The van der Waals surface area contributed by atoms with Gasteiger partial charge in [-0.3, -0.25) is 9.69 Å². The number of rotatable bonds is 9. The van der Waals surface area contributed by atoms with Gasteiger partial charge in [-0.1, -0.05) is 6.92 Å². The fourth-order valence-corrected chi connectivity index (χ4v) is 4.09. The molecule has 3 N–H and O–H groups in total. The van der Waals surface area contributed by atoms with Crippen molar-refractivity contribution in [2.45, 2.75) is 71.1 Å². The molecule has 202 valence electrons. The van der Waals surface area contributed by atoms with Crippen molar-refractivity contribution in [1.82, 2.24) is 25.2 Å². The van der Waals surface area contributed by atoms with Gasteiger partial charge in [0, 0.05) is 38.0 Å². The summed E-state index contributed by atoms with van der Waals surface area (Å²) in [6, 6.07) is 3.08. The van der Waals surface area contributed by atoms with Crippen LogP contribution in [-0.2, 0) is 9.53 Å². The van der Waals surface area contributed by atoms with Gasteiger partial charge in [0.15, 0.2) is 0 Å². The molecule has 0 bridgehead atoms. The van der Waals surface area contributed by atoms with Gasteiger partial charge >= 0.3 is 6.09 Å². The van der Waals surface area contributed by atoms with E-state index in [0.29, 0.717) is 23.6 Å². The molecule has 1 fully saturated rings. The average molecular weight is 514 g/mol. The number of carbonyl (C=O) groups excluding carboxylic acids is 2. The van der Waals surface area contributed by atoms with Crippen LogP contribution in [0.2, 0.25) is 0 Å². The second kappa shape index (κ2) is 11.6. The summed E-state index contributed by atoms with van der Waals surface area (Å²) in [6.45, 7) is 9.24. The predicted octanol–water partition coefficient (Wildman–Crippen LogP) is 3.92. The first-order valence-electron chi connectivity index (χ1n) is 12.5. The summed E-state index contributed by atoms with van der Waals surface area (Å²) in [5.41, 5.74) is 1.16. The third-order valence-electron chi connectivity index (χ3n) is 6.61. The lowest BCUT2D eigenvalue weighted by Crippen LogP contribution is -2.53. The van der Waals surface area contributed by atoms with Gasteiger partial charge in [0.05, 0.1) is 19.0 Å². The third-order valence-corrected chi connectivity index (χ3v) is 6.61. The number of amides is 2. The zero-order chi connectivity index (χ0) is 27.3. The Labute approximate surface area is 218 Å². The number of anilines is 3. The highest BCUT2D eigenvalue weighted by Crippen LogP contribution is 2.41. The largest absolute Gasteiger partial charge is 0.481 e. The summed E-state index contributed by atoms with van der Waals surface area (Å²) in [5, 5.41) is 9.40. The van der Waals surface area contributed by atoms with Crippen LogP contribution in [0.3, 0.4) is 0 Å². The molecule has 2 heterocycles. The number of hydrogen-bond donors (Lipinski definition) is 3. The first kappa shape index (κ1) is 27.9. The minimum Gasteiger partial charge on any atom is -0.481 e. The molecule has 37 heavy (non-hydrogen) atoms. The van der Waals surface area contributed by atoms with E-state index in [0.717, 1.165) is 24.1 Å². The van der Waals surface area contributed by atoms with Gasteiger partial charge in [-0.15, -0.1) is 0 Å². The van der Waals surface area contributed by atoms with Crippen LogP contribution in [0.25, 0.3) is 0 Å². The van der Waals surface area contributed by atoms with E-state index in [1.54, 1.807) is 61.2 Å². The maximum absolute atomic E-state index is 12.8. The maximum Gasteiger partial charge on any atom is 0.410 e. The molecule has 2 aromatic heterocycles. The van der Waals surface area contributed by atoms with Gasteiger partial charge < -0.3 is 25.4 Å². The molecule has 1 unspecified atom stereocenters. The lowest BCUT2D eigenvalue weighted by molar-refractivity contribution is -0.127. The van der Waals surface area contributed by atoms with Crippen molar-refractivity contribution in [3.05, 3.63) is 30.1 Å². The number of hydrogen-bond acceptors (Lipinski definition) is 9. The number of likely N-dealkylation sites (N-methyl/N-ethyl adjacent to an activating group) is 1. The molecule has 1 saturated carbocycles. The topological polar surface area (TPSA) is 131 Å². The predicted molar refractivity (Wildman–Crippen MR) is 142 cm³/mol. The smallest absolute Gasteiger partial charge is 0.410 e. The van der Waals surface area contributed by atoms with Crippen molar-refractivity contribution in [2.24, 2.45) is 5.92 Å². The van der Waals surface area contributed by atoms with Crippen LogP contribution < -0.4 is 20.7 Å². The number of methoxy groups -OCH3 is 1. The zero-order valence-electron chi connectivity index (χ0n) is 23.0. The second-order valence-corrected chi connectivity index (χ2v) is 10.5. The SMILES string of the molecule is CNc1ncc(C(C)C2CC(NC(=O)[C@H](C)N(C)C(=O)OC(C)(C)C)C2)c(Nc2ccc(OC)nc2)n1. The average Bonchev–Trinajstić information content (AvgIpc) is 2.83. The Morgan fingerprint density at radius 3 is 2.41 bits per heavy atom. The lowest BCUT2D eigenvalue weighted by Gasteiger charge is -2.40. The quantitative estimate of drug-likeness (QED) is 0.457. The summed E-state index contributed by atoms with van der Waals surface area (Å²) in [4.78, 5) is 39.7. The summed E-state index contributed by atoms with van der Waals surface area (Å²) < 4.78 is 10.5. The van der Waals surface area contributed by atoms with Crippen molar-refractivity contribution in [2.75, 3.05) is 31.8 Å². The fourth-order valence-electron chi connectivity index (χ4n) is 4.09. The number of carbonyl (C=O) groups is 2. The third kappa shape index (κ3) is 7.21. The highest BCUT2D eigenvalue weighted by Gasteiger charge is 2.37. The van der Waals surface area contributed by atoms with Gasteiger partial charge in [0.1, 0.15) is 17.5 Å². The van der Waals surface area contributed by atoms with Crippen LogP contribution in [0, 0.1) is 5.92 Å². The highest BCUT2D eigenvalue weighted by molar-refractivity contribution is 5.85. The van der Waals surface area contributed by atoms with E-state index in [-0.39, 0.29) is 17.9 Å². The second-order valence-electron chi connectivity index (χ2n) is 10.5. The molecule has 11 nitrogen and oxygen atoms in total. The molecule has 0 radical (unpaired) electrons. The number of pyridine rings is 1. The number of aromatic nitrogens is 3. The van der Waals surface area contributed by atoms with E-state index < -0.39 is 17.7 Å². The molecule has 1 aliphatic rings. The Kier molecular flexibility index (Phi) is 8.77. The monoisotopic (exact) mass is 513 g/mol. The van der Waals surface area contributed by atoms with Crippen LogP contribution >= 0.6 is 0 Å². The maximum atomic E-state index is 12.8. The van der Waals surface area contributed by atoms with Crippen molar-refractivity contribution in [1.29, 1.82) is 0 Å². The minimum atomic E-state index is -0.636. The molecule has 2 atom stereocenters. The normalized spacial score (nSPS) is 18.6. The van der Waals surface area contributed by atoms with E-state index >= 15 is 0 Å². The Morgan fingerprint density at radius 2 is 1.84 bits per heavy atom. The summed E-state index contributed by atoms with van der Waals surface area (Å²) in [5.74, 6) is 2.07. The van der Waals surface area contributed by atoms with Gasteiger partial charge in [0.2, 0.25) is 17.7 Å². The number of ether oxygens (including phenoxy) is 2. The van der Waals surface area contributed by atoms with Gasteiger partial charge in [-0.2, -0.15) is 4.98 Å². The molecule has 2 aromatic rings. The summed E-state index contributed by atoms with van der Waals surface area (Å²) in [6.07, 6.45) is 4.67. The standard InChI is InChI=1S/C26H39N7O4/c1-15(17-11-19(12-17)31-23(34)16(2)33(7)25(35)37-26(3,4)5)20-14-29-24(27-6)32-22(20)30-18-9-10-21(36-8)28-13-18/h9-10,13-17,19H,11-12H2,1-8H3,(H,31,34)(H2,27,29,30,32)/t15?,16-,17?,19?/m0/s1. The minimum absolute atomic E-state index is 0.0501. The van der Waals surface area contributed by atoms with Crippen LogP contribution in [0.15, 0.2) is 24.5 Å². The lowest BCUT2D eigenvalue weighted by atomic mass is 9.71. The molecule has 11 heteroatoms. The molecular formula is C26H39N7O4. The van der Waals surface area contributed by atoms with Crippen LogP contribution in [-0.4, -0.2) is 70.7 Å². The van der Waals surface area contributed by atoms with Crippen LogP contribution in [0.1, 0.15) is 58.9 Å². The molecule has 0 aliphatic heterocycles. The Bertz CT molecular complexity index is 1080. The molecule has 2 amide bonds. The summed E-state index contributed by atoms with van der Waals surface area (Å²) >= 11 is 0. The molecular weight excluding hydrogens is 474 g/mol. The fraction of sp³-hybridized carbons (Fsp3) is 0.577. The molecule has 0 saturated heterocycles. The van der Waals surface area contributed by atoms with E-state index in [1.807, 2.05) is 12.3 Å². The van der Waals surface area contributed by atoms with Crippen molar-refractivity contribution in [3.63, 3.8) is 0 Å². The van der Waals surface area contributed by atoms with E-state index in [9.17, 15) is 9.59 Å². The van der Waals surface area contributed by atoms with Gasteiger partial charge in [-0.25, -0.2) is 14.8 Å². The van der Waals surface area contributed by atoms with E-state index in [2.05, 4.69) is 37.8 Å². The number of nitrogens with zero attached hydrogens (tertiary/aromatic N) is 4. The van der Waals surface area contributed by atoms with Crippen molar-refractivity contribution < 1.29 is 19.1 Å². The Balaban J connectivity index is 1.60. The Morgan fingerprint density at radius 1 is 1.14 bits per heavy atom.